The van der Waals surface area contributed by atoms with E-state index >= 15 is 0 Å². The van der Waals surface area contributed by atoms with Crippen molar-refractivity contribution in [2.24, 2.45) is 0 Å². The molecule has 146 valence electrons. The maximum absolute atomic E-state index is 12.7. The van der Waals surface area contributed by atoms with Gasteiger partial charge >= 0.3 is 0 Å². The first-order valence-corrected chi connectivity index (χ1v) is 10.8. The Morgan fingerprint density at radius 1 is 1.04 bits per heavy atom. The van der Waals surface area contributed by atoms with E-state index in [0.29, 0.717) is 12.2 Å². The molecule has 6 heteroatoms. The summed E-state index contributed by atoms with van der Waals surface area (Å²) in [6.45, 7) is 7.89. The molecule has 0 spiro atoms. The Labute approximate surface area is 162 Å². The number of nitrogens with one attached hydrogen (secondary N) is 1. The van der Waals surface area contributed by atoms with E-state index in [-0.39, 0.29) is 11.8 Å². The van der Waals surface area contributed by atoms with Gasteiger partial charge in [-0.2, -0.15) is 0 Å². The highest BCUT2D eigenvalue weighted by Crippen LogP contribution is 2.24. The zero-order valence-corrected chi connectivity index (χ0v) is 17.4. The lowest BCUT2D eigenvalue weighted by Crippen LogP contribution is -2.48. The summed E-state index contributed by atoms with van der Waals surface area (Å²) in [6, 6.07) is 14.6. The minimum Gasteiger partial charge on any atom is -0.354 e. The Balaban J connectivity index is 2.17. The third-order valence-corrected chi connectivity index (χ3v) is 5.74. The zero-order valence-electron chi connectivity index (χ0n) is 16.6. The molecule has 0 unspecified atom stereocenters. The molecule has 2 aromatic carbocycles. The fourth-order valence-electron chi connectivity index (χ4n) is 3.19. The number of benzene rings is 2. The van der Waals surface area contributed by atoms with E-state index < -0.39 is 16.1 Å². The normalized spacial score (nSPS) is 13.7. The Kier molecular flexibility index (Phi) is 6.65. The number of carbonyl (C=O) groups excluding carboxylic acids is 1. The number of sulfonamides is 1. The second kappa shape index (κ2) is 8.57. The lowest BCUT2D eigenvalue weighted by atomic mass is 10.0. The van der Waals surface area contributed by atoms with Crippen LogP contribution in [0, 0.1) is 13.8 Å². The molecule has 0 aliphatic carbocycles. The second-order valence-corrected chi connectivity index (χ2v) is 9.00. The van der Waals surface area contributed by atoms with E-state index in [4.69, 9.17) is 0 Å². The third kappa shape index (κ3) is 5.57. The minimum absolute atomic E-state index is 0.134. The van der Waals surface area contributed by atoms with Gasteiger partial charge in [-0.3, -0.25) is 9.10 Å². The number of carbonyl (C=O) groups is 1. The van der Waals surface area contributed by atoms with Gasteiger partial charge in [0.2, 0.25) is 15.9 Å². The van der Waals surface area contributed by atoms with Crippen molar-refractivity contribution in [3.63, 3.8) is 0 Å². The smallest absolute Gasteiger partial charge is 0.243 e. The van der Waals surface area contributed by atoms with Crippen LogP contribution >= 0.6 is 0 Å². The van der Waals surface area contributed by atoms with Gasteiger partial charge in [0.25, 0.3) is 0 Å². The summed E-state index contributed by atoms with van der Waals surface area (Å²) in [4.78, 5) is 12.7. The van der Waals surface area contributed by atoms with Gasteiger partial charge in [-0.15, -0.1) is 0 Å². The molecule has 1 amide bonds. The maximum atomic E-state index is 12.7. The van der Waals surface area contributed by atoms with E-state index in [9.17, 15) is 13.2 Å². The SMILES string of the molecule is Cc1cc(C)cc(N([C@H](C)C(=O)NC[C@H](C)c2ccccc2)S(C)(=O)=O)c1. The molecule has 0 bridgehead atoms. The first kappa shape index (κ1) is 21.0. The van der Waals surface area contributed by atoms with E-state index in [1.54, 1.807) is 19.1 Å². The van der Waals surface area contributed by atoms with Crippen molar-refractivity contribution in [1.29, 1.82) is 0 Å². The Hall–Kier alpha value is -2.34. The number of rotatable bonds is 7. The first-order valence-electron chi connectivity index (χ1n) is 9.00. The molecule has 27 heavy (non-hydrogen) atoms. The van der Waals surface area contributed by atoms with Gasteiger partial charge < -0.3 is 5.32 Å². The van der Waals surface area contributed by atoms with Crippen molar-refractivity contribution in [2.45, 2.75) is 39.7 Å². The summed E-state index contributed by atoms with van der Waals surface area (Å²) in [5.74, 6) is -0.183. The van der Waals surface area contributed by atoms with E-state index in [1.807, 2.05) is 57.2 Å². The summed E-state index contributed by atoms with van der Waals surface area (Å²) in [5, 5.41) is 2.89. The van der Waals surface area contributed by atoms with Crippen molar-refractivity contribution in [2.75, 3.05) is 17.1 Å². The van der Waals surface area contributed by atoms with Crippen molar-refractivity contribution in [1.82, 2.24) is 5.32 Å². The molecule has 2 rings (SSSR count). The molecule has 0 radical (unpaired) electrons. The van der Waals surface area contributed by atoms with E-state index in [0.717, 1.165) is 22.9 Å². The highest BCUT2D eigenvalue weighted by Gasteiger charge is 2.29. The van der Waals surface area contributed by atoms with Gasteiger partial charge in [0.05, 0.1) is 11.9 Å². The predicted octanol–water partition coefficient (Wildman–Crippen LogP) is 3.38. The van der Waals surface area contributed by atoms with Gasteiger partial charge in [0.15, 0.2) is 0 Å². The second-order valence-electron chi connectivity index (χ2n) is 7.14. The predicted molar refractivity (Wildman–Crippen MR) is 111 cm³/mol. The van der Waals surface area contributed by atoms with Crippen molar-refractivity contribution in [3.8, 4) is 0 Å². The number of aryl methyl sites for hydroxylation is 2. The Morgan fingerprint density at radius 2 is 1.59 bits per heavy atom. The van der Waals surface area contributed by atoms with Crippen molar-refractivity contribution >= 4 is 21.6 Å². The van der Waals surface area contributed by atoms with Crippen LogP contribution in [0.2, 0.25) is 0 Å². The molecule has 0 saturated carbocycles. The third-order valence-electron chi connectivity index (χ3n) is 4.50. The van der Waals surface area contributed by atoms with Gasteiger partial charge in [0.1, 0.15) is 6.04 Å². The van der Waals surface area contributed by atoms with Crippen LogP contribution < -0.4 is 9.62 Å². The minimum atomic E-state index is -3.61. The standard InChI is InChI=1S/C21H28N2O3S/c1-15-11-16(2)13-20(12-15)23(27(5,25)26)18(4)21(24)22-14-17(3)19-9-7-6-8-10-19/h6-13,17-18H,14H2,1-5H3,(H,22,24)/t17-,18+/m0/s1. The van der Waals surface area contributed by atoms with E-state index in [2.05, 4.69) is 5.32 Å². The number of amides is 1. The number of hydrogen-bond acceptors (Lipinski definition) is 3. The molecular weight excluding hydrogens is 360 g/mol. The highest BCUT2D eigenvalue weighted by atomic mass is 32.2. The highest BCUT2D eigenvalue weighted by molar-refractivity contribution is 7.92. The van der Waals surface area contributed by atoms with Gasteiger partial charge in [0, 0.05) is 6.54 Å². The Morgan fingerprint density at radius 3 is 2.11 bits per heavy atom. The summed E-state index contributed by atoms with van der Waals surface area (Å²) in [6.07, 6.45) is 1.13. The molecule has 0 fully saturated rings. The fourth-order valence-corrected chi connectivity index (χ4v) is 4.35. The molecular formula is C21H28N2O3S. The largest absolute Gasteiger partial charge is 0.354 e. The molecule has 0 aliphatic rings. The number of nitrogens with zero attached hydrogens (tertiary/aromatic N) is 1. The monoisotopic (exact) mass is 388 g/mol. The van der Waals surface area contributed by atoms with Crippen LogP contribution in [0.3, 0.4) is 0 Å². The molecule has 5 nitrogen and oxygen atoms in total. The fraction of sp³-hybridized carbons (Fsp3) is 0.381. The summed E-state index contributed by atoms with van der Waals surface area (Å²) in [7, 11) is -3.61. The topological polar surface area (TPSA) is 66.5 Å². The van der Waals surface area contributed by atoms with Crippen LogP contribution in [0.5, 0.6) is 0 Å². The summed E-state index contributed by atoms with van der Waals surface area (Å²) in [5.41, 5.74) is 3.53. The van der Waals surface area contributed by atoms with Crippen LogP contribution in [0.4, 0.5) is 5.69 Å². The van der Waals surface area contributed by atoms with Gasteiger partial charge in [-0.1, -0.05) is 43.3 Å². The lowest BCUT2D eigenvalue weighted by Gasteiger charge is -2.29. The molecule has 2 aromatic rings. The average Bonchev–Trinajstić information content (AvgIpc) is 2.58. The van der Waals surface area contributed by atoms with Gasteiger partial charge in [-0.05, 0) is 55.5 Å². The van der Waals surface area contributed by atoms with Crippen LogP contribution in [0.25, 0.3) is 0 Å². The molecule has 1 N–H and O–H groups in total. The summed E-state index contributed by atoms with van der Waals surface area (Å²) < 4.78 is 26.0. The maximum Gasteiger partial charge on any atom is 0.243 e. The number of hydrogen-bond donors (Lipinski definition) is 1. The van der Waals surface area contributed by atoms with Crippen LogP contribution in [-0.2, 0) is 14.8 Å². The van der Waals surface area contributed by atoms with Gasteiger partial charge in [-0.25, -0.2) is 8.42 Å². The summed E-state index contributed by atoms with van der Waals surface area (Å²) >= 11 is 0. The van der Waals surface area contributed by atoms with Crippen LogP contribution in [0.15, 0.2) is 48.5 Å². The number of anilines is 1. The lowest BCUT2D eigenvalue weighted by molar-refractivity contribution is -0.121. The molecule has 0 aromatic heterocycles. The Bertz CT molecular complexity index is 875. The molecule has 2 atom stereocenters. The van der Waals surface area contributed by atoms with Crippen molar-refractivity contribution in [3.05, 3.63) is 65.2 Å². The first-order chi connectivity index (χ1) is 12.6. The van der Waals surface area contributed by atoms with Crippen LogP contribution in [-0.4, -0.2) is 33.2 Å². The average molecular weight is 389 g/mol. The molecule has 0 saturated heterocycles. The van der Waals surface area contributed by atoms with Crippen molar-refractivity contribution < 1.29 is 13.2 Å². The quantitative estimate of drug-likeness (QED) is 0.791. The van der Waals surface area contributed by atoms with Crippen LogP contribution in [0.1, 0.15) is 36.5 Å². The molecule has 0 heterocycles. The van der Waals surface area contributed by atoms with E-state index in [1.165, 1.54) is 4.31 Å². The molecule has 0 aliphatic heterocycles. The zero-order chi connectivity index (χ0) is 20.2.